The summed E-state index contributed by atoms with van der Waals surface area (Å²) in [7, 11) is 0. The number of carbonyl (C=O) groups is 2. The molecule has 4 aromatic rings. The van der Waals surface area contributed by atoms with Crippen molar-refractivity contribution < 1.29 is 18.7 Å². The van der Waals surface area contributed by atoms with Crippen LogP contribution in [0.25, 0.3) is 22.6 Å². The van der Waals surface area contributed by atoms with Gasteiger partial charge in [0.25, 0.3) is 0 Å². The van der Waals surface area contributed by atoms with Gasteiger partial charge in [-0.05, 0) is 61.2 Å². The van der Waals surface area contributed by atoms with E-state index in [1.54, 1.807) is 19.2 Å². The number of benzene rings is 2. The third-order valence-electron chi connectivity index (χ3n) is 5.96. The van der Waals surface area contributed by atoms with E-state index in [1.165, 1.54) is 0 Å². The quantitative estimate of drug-likeness (QED) is 0.188. The lowest BCUT2D eigenvalue weighted by molar-refractivity contribution is -0.143. The fourth-order valence-electron chi connectivity index (χ4n) is 4.04. The van der Waals surface area contributed by atoms with E-state index >= 15 is 0 Å². The van der Waals surface area contributed by atoms with E-state index in [0.717, 1.165) is 22.2 Å². The van der Waals surface area contributed by atoms with Crippen LogP contribution in [0.5, 0.6) is 0 Å². The smallest absolute Gasteiger partial charge is 0.305 e. The maximum atomic E-state index is 12.4. The molecule has 2 aromatic heterocycles. The van der Waals surface area contributed by atoms with Crippen LogP contribution in [0.3, 0.4) is 0 Å². The number of nitrogens with one attached hydrogen (secondary N) is 1. The van der Waals surface area contributed by atoms with Gasteiger partial charge in [0.2, 0.25) is 5.89 Å². The Balaban J connectivity index is 1.40. The Morgan fingerprint density at radius 2 is 1.78 bits per heavy atom. The third-order valence-corrected chi connectivity index (χ3v) is 5.96. The highest BCUT2D eigenvalue weighted by Crippen LogP contribution is 2.29. The van der Waals surface area contributed by atoms with Crippen LogP contribution in [-0.2, 0) is 9.53 Å². The zero-order valence-corrected chi connectivity index (χ0v) is 20.9. The zero-order chi connectivity index (χ0) is 25.5. The molecule has 0 fully saturated rings. The van der Waals surface area contributed by atoms with Gasteiger partial charge in [-0.3, -0.25) is 9.59 Å². The molecule has 1 N–H and O–H groups in total. The summed E-state index contributed by atoms with van der Waals surface area (Å²) in [4.78, 5) is 32.9. The minimum atomic E-state index is -0.274. The maximum absolute atomic E-state index is 12.4. The Labute approximate surface area is 210 Å². The highest BCUT2D eigenvalue weighted by Gasteiger charge is 2.18. The second-order valence-corrected chi connectivity index (χ2v) is 8.99. The van der Waals surface area contributed by atoms with Crippen molar-refractivity contribution >= 4 is 28.7 Å². The van der Waals surface area contributed by atoms with Gasteiger partial charge in [-0.25, -0.2) is 9.97 Å². The average Bonchev–Trinajstić information content (AvgIpc) is 3.32. The molecule has 0 spiro atoms. The van der Waals surface area contributed by atoms with E-state index in [0.29, 0.717) is 36.2 Å². The number of ketones is 1. The molecule has 0 bridgehead atoms. The Morgan fingerprint density at radius 3 is 2.44 bits per heavy atom. The molecule has 0 aliphatic rings. The molecule has 0 radical (unpaired) electrons. The van der Waals surface area contributed by atoms with Crippen molar-refractivity contribution in [2.24, 2.45) is 5.92 Å². The second kappa shape index (κ2) is 11.6. The zero-order valence-electron chi connectivity index (χ0n) is 20.9. The number of ether oxygens (including phenoxy) is 1. The van der Waals surface area contributed by atoms with E-state index in [9.17, 15) is 9.59 Å². The normalized spacial score (nSPS) is 12.0. The number of hydrogen-bond donors (Lipinski definition) is 1. The van der Waals surface area contributed by atoms with Gasteiger partial charge in [-0.1, -0.05) is 38.1 Å². The van der Waals surface area contributed by atoms with E-state index in [-0.39, 0.29) is 30.6 Å². The first-order valence-electron chi connectivity index (χ1n) is 12.3. The number of anilines is 1. The molecule has 7 heteroatoms. The van der Waals surface area contributed by atoms with Crippen LogP contribution in [-0.4, -0.2) is 28.3 Å². The summed E-state index contributed by atoms with van der Waals surface area (Å²) >= 11 is 0. The minimum absolute atomic E-state index is 0.0290. The van der Waals surface area contributed by atoms with Gasteiger partial charge >= 0.3 is 5.97 Å². The second-order valence-electron chi connectivity index (χ2n) is 8.99. The topological polar surface area (TPSA) is 94.3 Å². The summed E-state index contributed by atoms with van der Waals surface area (Å²) in [5.74, 6) is 1.28. The molecule has 186 valence electrons. The number of para-hydroxylation sites is 2. The number of hydrogen-bond acceptors (Lipinski definition) is 7. The van der Waals surface area contributed by atoms with Crippen molar-refractivity contribution in [3.05, 3.63) is 78.0 Å². The van der Waals surface area contributed by atoms with Crippen LogP contribution < -0.4 is 5.32 Å². The molecular formula is C29H31N3O4. The summed E-state index contributed by atoms with van der Waals surface area (Å²) in [5, 5.41) is 3.49. The Kier molecular flexibility index (Phi) is 8.10. The molecule has 0 aliphatic heterocycles. The maximum Gasteiger partial charge on any atom is 0.305 e. The first-order chi connectivity index (χ1) is 17.4. The van der Waals surface area contributed by atoms with Crippen molar-refractivity contribution in [1.82, 2.24) is 9.97 Å². The van der Waals surface area contributed by atoms with Crippen LogP contribution in [0.2, 0.25) is 0 Å². The highest BCUT2D eigenvalue weighted by atomic mass is 16.5. The lowest BCUT2D eigenvalue weighted by Crippen LogP contribution is -2.17. The summed E-state index contributed by atoms with van der Waals surface area (Å²) in [6, 6.07) is 19.5. The molecule has 0 amide bonds. The third kappa shape index (κ3) is 6.16. The van der Waals surface area contributed by atoms with E-state index in [4.69, 9.17) is 9.15 Å². The molecule has 36 heavy (non-hydrogen) atoms. The summed E-state index contributed by atoms with van der Waals surface area (Å²) in [5.41, 5.74) is 4.18. The number of fused-ring (bicyclic) bond motifs is 1. The van der Waals surface area contributed by atoms with Gasteiger partial charge in [-0.15, -0.1) is 0 Å². The number of carbonyl (C=O) groups excluding carboxylic acids is 2. The van der Waals surface area contributed by atoms with E-state index in [2.05, 4.69) is 41.3 Å². The monoisotopic (exact) mass is 485 g/mol. The van der Waals surface area contributed by atoms with Crippen LogP contribution in [0, 0.1) is 5.92 Å². The fourth-order valence-corrected chi connectivity index (χ4v) is 4.04. The van der Waals surface area contributed by atoms with Gasteiger partial charge < -0.3 is 14.5 Å². The molecule has 2 aromatic carbocycles. The predicted octanol–water partition coefficient (Wildman–Crippen LogP) is 6.62. The number of nitrogens with zero attached hydrogens (tertiary/aromatic N) is 2. The van der Waals surface area contributed by atoms with Gasteiger partial charge in [0.05, 0.1) is 12.6 Å². The predicted molar refractivity (Wildman–Crippen MR) is 140 cm³/mol. The number of Topliss-reactive ketones (excluding diaryl/α,β-unsaturated/α-hetero) is 1. The van der Waals surface area contributed by atoms with Crippen LogP contribution in [0.4, 0.5) is 5.82 Å². The van der Waals surface area contributed by atoms with Gasteiger partial charge in [0.1, 0.15) is 11.3 Å². The summed E-state index contributed by atoms with van der Waals surface area (Å²) in [6.07, 6.45) is 2.58. The molecule has 0 saturated carbocycles. The van der Waals surface area contributed by atoms with Crippen molar-refractivity contribution in [2.75, 3.05) is 11.9 Å². The average molecular weight is 486 g/mol. The van der Waals surface area contributed by atoms with Crippen LogP contribution in [0.15, 0.2) is 71.3 Å². The molecule has 7 nitrogen and oxygen atoms in total. The number of esters is 1. The molecule has 0 unspecified atom stereocenters. The van der Waals surface area contributed by atoms with E-state index < -0.39 is 0 Å². The fraction of sp³-hybridized carbons (Fsp3) is 0.310. The Morgan fingerprint density at radius 1 is 1.00 bits per heavy atom. The highest BCUT2D eigenvalue weighted by molar-refractivity contribution is 5.96. The van der Waals surface area contributed by atoms with Crippen molar-refractivity contribution in [3.63, 3.8) is 0 Å². The Bertz CT molecular complexity index is 1280. The largest absolute Gasteiger partial charge is 0.466 e. The van der Waals surface area contributed by atoms with Crippen LogP contribution >= 0.6 is 0 Å². The molecule has 0 aliphatic carbocycles. The lowest BCUT2D eigenvalue weighted by atomic mass is 9.95. The van der Waals surface area contributed by atoms with Crippen molar-refractivity contribution in [3.8, 4) is 11.5 Å². The van der Waals surface area contributed by atoms with Gasteiger partial charge in [0, 0.05) is 30.2 Å². The van der Waals surface area contributed by atoms with Gasteiger partial charge in [0.15, 0.2) is 11.4 Å². The van der Waals surface area contributed by atoms with Gasteiger partial charge in [-0.2, -0.15) is 0 Å². The van der Waals surface area contributed by atoms with Crippen molar-refractivity contribution in [2.45, 2.75) is 46.1 Å². The first-order valence-corrected chi connectivity index (χ1v) is 12.3. The number of rotatable bonds is 11. The Hall–Kier alpha value is -4.00. The lowest BCUT2D eigenvalue weighted by Gasteiger charge is -2.23. The summed E-state index contributed by atoms with van der Waals surface area (Å²) < 4.78 is 10.8. The molecule has 0 saturated heterocycles. The first kappa shape index (κ1) is 25.1. The minimum Gasteiger partial charge on any atom is -0.466 e. The molecule has 2 heterocycles. The molecule has 1 atom stereocenters. The number of aromatic nitrogens is 2. The van der Waals surface area contributed by atoms with Crippen molar-refractivity contribution in [1.29, 1.82) is 0 Å². The van der Waals surface area contributed by atoms with Crippen LogP contribution in [0.1, 0.15) is 62.0 Å². The molecule has 4 rings (SSSR count). The summed E-state index contributed by atoms with van der Waals surface area (Å²) in [6.45, 7) is 6.41. The number of oxazole rings is 1. The van der Waals surface area contributed by atoms with E-state index in [1.807, 2.05) is 42.5 Å². The number of pyridine rings is 1. The SMILES string of the molecule is CCOC(=O)CCCC(=O)c1ccc(N[C@H](c2ccc(-c3nc4ccccc4o3)cc2)C(C)C)nc1. The standard InChI is InChI=1S/C29H31N3O4/c1-4-35-27(34)11-7-9-24(33)22-16-17-26(30-18-22)32-28(19(2)3)20-12-14-21(15-13-20)29-31-23-8-5-6-10-25(23)36-29/h5-6,8,10,12-19,28H,4,7,9,11H2,1-3H3,(H,30,32)/t28-/m0/s1. The molecular weight excluding hydrogens is 454 g/mol.